The van der Waals surface area contributed by atoms with Crippen LogP contribution in [0.2, 0.25) is 0 Å². The van der Waals surface area contributed by atoms with Crippen LogP contribution in [0, 0.1) is 13.8 Å². The third kappa shape index (κ3) is 2.34. The lowest BCUT2D eigenvalue weighted by Gasteiger charge is -2.10. The first kappa shape index (κ1) is 12.9. The quantitative estimate of drug-likeness (QED) is 0.902. The van der Waals surface area contributed by atoms with Gasteiger partial charge in [-0.2, -0.15) is 0 Å². The average molecular weight is 307 g/mol. The van der Waals surface area contributed by atoms with Gasteiger partial charge in [-0.15, -0.1) is 0 Å². The van der Waals surface area contributed by atoms with Crippen LogP contribution in [-0.4, -0.2) is 10.5 Å². The van der Waals surface area contributed by atoms with E-state index >= 15 is 0 Å². The molecule has 0 unspecified atom stereocenters. The van der Waals surface area contributed by atoms with Gasteiger partial charge in [0.25, 0.3) is 5.91 Å². The molecule has 0 bridgehead atoms. The lowest BCUT2D eigenvalue weighted by molar-refractivity contribution is 0.101. The summed E-state index contributed by atoms with van der Waals surface area (Å²) < 4.78 is 2.79. The van der Waals surface area contributed by atoms with E-state index in [4.69, 9.17) is 0 Å². The Morgan fingerprint density at radius 1 is 1.22 bits per heavy atom. The Bertz CT molecular complexity index is 602. The Morgan fingerprint density at radius 3 is 2.56 bits per heavy atom. The van der Waals surface area contributed by atoms with Crippen molar-refractivity contribution >= 4 is 27.5 Å². The number of aryl methyl sites for hydroxylation is 2. The first-order valence-electron chi connectivity index (χ1n) is 5.69. The molecule has 1 heterocycles. The molecule has 0 spiro atoms. The second kappa shape index (κ2) is 4.98. The Morgan fingerprint density at radius 2 is 1.94 bits per heavy atom. The van der Waals surface area contributed by atoms with Gasteiger partial charge in [0, 0.05) is 17.2 Å². The number of hydrogen-bond acceptors (Lipinski definition) is 1. The van der Waals surface area contributed by atoms with Crippen molar-refractivity contribution in [2.45, 2.75) is 13.8 Å². The molecule has 2 aromatic rings. The molecule has 4 heteroatoms. The van der Waals surface area contributed by atoms with Crippen LogP contribution in [-0.2, 0) is 7.05 Å². The number of carbonyl (C=O) groups excluding carboxylic acids is 1. The van der Waals surface area contributed by atoms with Gasteiger partial charge in [-0.1, -0.05) is 12.1 Å². The fourth-order valence-corrected chi connectivity index (χ4v) is 2.13. The minimum Gasteiger partial charge on any atom is -0.344 e. The van der Waals surface area contributed by atoms with Crippen LogP contribution >= 0.6 is 15.9 Å². The van der Waals surface area contributed by atoms with Crippen molar-refractivity contribution in [1.29, 1.82) is 0 Å². The first-order chi connectivity index (χ1) is 8.50. The van der Waals surface area contributed by atoms with Gasteiger partial charge in [0.05, 0.1) is 5.69 Å². The molecule has 0 aliphatic rings. The van der Waals surface area contributed by atoms with Crippen LogP contribution in [0.3, 0.4) is 0 Å². The molecule has 1 aromatic carbocycles. The van der Waals surface area contributed by atoms with E-state index in [0.717, 1.165) is 21.4 Å². The molecule has 2 rings (SSSR count). The highest BCUT2D eigenvalue weighted by molar-refractivity contribution is 9.10. The number of nitrogens with zero attached hydrogens (tertiary/aromatic N) is 1. The number of amides is 1. The monoisotopic (exact) mass is 306 g/mol. The molecule has 1 N–H and O–H groups in total. The van der Waals surface area contributed by atoms with Crippen molar-refractivity contribution in [1.82, 2.24) is 4.57 Å². The SMILES string of the molecule is Cc1cccc(NC(=O)c2ccc(C)n2C)c1Br. The van der Waals surface area contributed by atoms with Gasteiger partial charge in [0.15, 0.2) is 0 Å². The number of carbonyl (C=O) groups is 1. The van der Waals surface area contributed by atoms with E-state index in [1.54, 1.807) is 0 Å². The first-order valence-corrected chi connectivity index (χ1v) is 6.49. The summed E-state index contributed by atoms with van der Waals surface area (Å²) in [4.78, 5) is 12.2. The molecule has 0 fully saturated rings. The lowest BCUT2D eigenvalue weighted by Crippen LogP contribution is -2.16. The second-order valence-corrected chi connectivity index (χ2v) is 5.10. The summed E-state index contributed by atoms with van der Waals surface area (Å²) in [5.74, 6) is -0.100. The van der Waals surface area contributed by atoms with Crippen molar-refractivity contribution in [3.63, 3.8) is 0 Å². The maximum Gasteiger partial charge on any atom is 0.272 e. The number of halogens is 1. The van der Waals surface area contributed by atoms with E-state index < -0.39 is 0 Å². The average Bonchev–Trinajstić information content (AvgIpc) is 2.66. The van der Waals surface area contributed by atoms with Crippen LogP contribution in [0.15, 0.2) is 34.8 Å². The van der Waals surface area contributed by atoms with E-state index in [9.17, 15) is 4.79 Å². The highest BCUT2D eigenvalue weighted by Gasteiger charge is 2.12. The molecule has 0 saturated carbocycles. The number of aromatic nitrogens is 1. The van der Waals surface area contributed by atoms with Crippen LogP contribution in [0.5, 0.6) is 0 Å². The van der Waals surface area contributed by atoms with Gasteiger partial charge in [-0.25, -0.2) is 0 Å². The Hall–Kier alpha value is -1.55. The molecular formula is C14H15BrN2O. The maximum absolute atomic E-state index is 12.2. The van der Waals surface area contributed by atoms with Gasteiger partial charge in [0.2, 0.25) is 0 Å². The van der Waals surface area contributed by atoms with E-state index in [1.165, 1.54) is 0 Å². The van der Waals surface area contributed by atoms with Crippen molar-refractivity contribution in [2.24, 2.45) is 7.05 Å². The summed E-state index contributed by atoms with van der Waals surface area (Å²) in [6.45, 7) is 3.96. The summed E-state index contributed by atoms with van der Waals surface area (Å²) >= 11 is 3.48. The highest BCUT2D eigenvalue weighted by atomic mass is 79.9. The topological polar surface area (TPSA) is 34.0 Å². The van der Waals surface area contributed by atoms with Crippen molar-refractivity contribution < 1.29 is 4.79 Å². The molecule has 3 nitrogen and oxygen atoms in total. The van der Waals surface area contributed by atoms with E-state index in [-0.39, 0.29) is 5.91 Å². The van der Waals surface area contributed by atoms with Crippen molar-refractivity contribution in [2.75, 3.05) is 5.32 Å². The smallest absolute Gasteiger partial charge is 0.272 e. The van der Waals surface area contributed by atoms with Crippen molar-refractivity contribution in [3.05, 3.63) is 51.8 Å². The van der Waals surface area contributed by atoms with Crippen LogP contribution < -0.4 is 5.32 Å². The van der Waals surface area contributed by atoms with Gasteiger partial charge in [-0.05, 0) is 53.5 Å². The number of nitrogens with one attached hydrogen (secondary N) is 1. The van der Waals surface area contributed by atoms with Crippen LogP contribution in [0.25, 0.3) is 0 Å². The van der Waals surface area contributed by atoms with E-state index in [1.807, 2.05) is 55.8 Å². The maximum atomic E-state index is 12.2. The summed E-state index contributed by atoms with van der Waals surface area (Å²) in [5.41, 5.74) is 3.60. The second-order valence-electron chi connectivity index (χ2n) is 4.31. The number of benzene rings is 1. The molecule has 1 amide bonds. The molecule has 0 atom stereocenters. The van der Waals surface area contributed by atoms with E-state index in [0.29, 0.717) is 5.69 Å². The Labute approximate surface area is 115 Å². The molecule has 0 saturated heterocycles. The fraction of sp³-hybridized carbons (Fsp3) is 0.214. The number of anilines is 1. The number of hydrogen-bond donors (Lipinski definition) is 1. The van der Waals surface area contributed by atoms with Crippen LogP contribution in [0.1, 0.15) is 21.7 Å². The van der Waals surface area contributed by atoms with Gasteiger partial charge in [0.1, 0.15) is 5.69 Å². The van der Waals surface area contributed by atoms with Crippen LogP contribution in [0.4, 0.5) is 5.69 Å². The zero-order chi connectivity index (χ0) is 13.3. The Balaban J connectivity index is 2.27. The molecule has 0 aliphatic heterocycles. The number of rotatable bonds is 2. The lowest BCUT2D eigenvalue weighted by atomic mass is 10.2. The summed E-state index contributed by atoms with van der Waals surface area (Å²) in [6.07, 6.45) is 0. The van der Waals surface area contributed by atoms with Gasteiger partial charge < -0.3 is 9.88 Å². The zero-order valence-electron chi connectivity index (χ0n) is 10.6. The third-order valence-corrected chi connectivity index (χ3v) is 4.10. The standard InChI is InChI=1S/C14H15BrN2O/c1-9-5-4-6-11(13(9)15)16-14(18)12-8-7-10(2)17(12)3/h4-8H,1-3H3,(H,16,18). The molecule has 18 heavy (non-hydrogen) atoms. The predicted molar refractivity (Wildman–Crippen MR) is 77.0 cm³/mol. The van der Waals surface area contributed by atoms with Crippen molar-refractivity contribution in [3.8, 4) is 0 Å². The highest BCUT2D eigenvalue weighted by Crippen LogP contribution is 2.26. The molecular weight excluding hydrogens is 292 g/mol. The fourth-order valence-electron chi connectivity index (χ4n) is 1.77. The molecule has 94 valence electrons. The summed E-state index contributed by atoms with van der Waals surface area (Å²) in [6, 6.07) is 9.55. The molecule has 0 radical (unpaired) electrons. The summed E-state index contributed by atoms with van der Waals surface area (Å²) in [7, 11) is 1.88. The Kier molecular flexibility index (Phi) is 3.57. The molecule has 1 aromatic heterocycles. The predicted octanol–water partition coefficient (Wildman–Crippen LogP) is 3.66. The molecule has 0 aliphatic carbocycles. The third-order valence-electron chi connectivity index (χ3n) is 3.05. The minimum absolute atomic E-state index is 0.100. The largest absolute Gasteiger partial charge is 0.344 e. The van der Waals surface area contributed by atoms with Gasteiger partial charge in [-0.3, -0.25) is 4.79 Å². The van der Waals surface area contributed by atoms with E-state index in [2.05, 4.69) is 21.2 Å². The van der Waals surface area contributed by atoms with Gasteiger partial charge >= 0.3 is 0 Å². The minimum atomic E-state index is -0.100. The summed E-state index contributed by atoms with van der Waals surface area (Å²) in [5, 5.41) is 2.91. The normalized spacial score (nSPS) is 10.4. The zero-order valence-corrected chi connectivity index (χ0v) is 12.2.